The van der Waals surface area contributed by atoms with Gasteiger partial charge in [0.05, 0.1) is 16.8 Å². The Morgan fingerprint density at radius 2 is 2.05 bits per heavy atom. The van der Waals surface area contributed by atoms with E-state index >= 15 is 0 Å². The monoisotopic (exact) mass is 307 g/mol. The second kappa shape index (κ2) is 5.07. The number of carboxylic acid groups (broad SMARTS) is 1. The zero-order valence-electron chi connectivity index (χ0n) is 11.7. The van der Waals surface area contributed by atoms with Crippen molar-refractivity contribution in [1.82, 2.24) is 4.98 Å². The minimum atomic E-state index is -0.868. The third-order valence-electron chi connectivity index (χ3n) is 4.02. The average Bonchev–Trinajstić information content (AvgIpc) is 3.15. The van der Waals surface area contributed by atoms with Gasteiger partial charge in [-0.3, -0.25) is 0 Å². The molecule has 0 radical (unpaired) electrons. The summed E-state index contributed by atoms with van der Waals surface area (Å²) in [6.07, 6.45) is 3.72. The van der Waals surface area contributed by atoms with Crippen LogP contribution in [-0.4, -0.2) is 16.1 Å². The SMILES string of the molecule is O=C(O)c1c2c(nc3ccccc13)/C(=C\c1cccs1)CC2. The lowest BCUT2D eigenvalue weighted by molar-refractivity contribution is 0.0698. The predicted molar refractivity (Wildman–Crippen MR) is 89.2 cm³/mol. The van der Waals surface area contributed by atoms with E-state index < -0.39 is 5.97 Å². The van der Waals surface area contributed by atoms with Crippen LogP contribution in [0.2, 0.25) is 0 Å². The number of carbonyl (C=O) groups is 1. The molecule has 3 nitrogen and oxygen atoms in total. The number of hydrogen-bond acceptors (Lipinski definition) is 3. The number of fused-ring (bicyclic) bond motifs is 2. The fraction of sp³-hybridized carbons (Fsp3) is 0.111. The number of benzene rings is 1. The molecule has 22 heavy (non-hydrogen) atoms. The average molecular weight is 307 g/mol. The van der Waals surface area contributed by atoms with Gasteiger partial charge in [-0.2, -0.15) is 0 Å². The Balaban J connectivity index is 1.99. The zero-order valence-corrected chi connectivity index (χ0v) is 12.6. The maximum Gasteiger partial charge on any atom is 0.336 e. The van der Waals surface area contributed by atoms with Crippen molar-refractivity contribution in [3.8, 4) is 0 Å². The second-order valence-electron chi connectivity index (χ2n) is 5.32. The Hall–Kier alpha value is -2.46. The van der Waals surface area contributed by atoms with Crippen LogP contribution in [0.4, 0.5) is 0 Å². The van der Waals surface area contributed by atoms with E-state index in [2.05, 4.69) is 12.1 Å². The van der Waals surface area contributed by atoms with Crippen molar-refractivity contribution in [3.63, 3.8) is 0 Å². The molecule has 108 valence electrons. The molecule has 0 spiro atoms. The predicted octanol–water partition coefficient (Wildman–Crippen LogP) is 4.48. The maximum atomic E-state index is 11.8. The summed E-state index contributed by atoms with van der Waals surface area (Å²) in [6, 6.07) is 11.6. The summed E-state index contributed by atoms with van der Waals surface area (Å²) in [6.45, 7) is 0. The van der Waals surface area contributed by atoms with Crippen LogP contribution in [0, 0.1) is 0 Å². The number of thiophene rings is 1. The minimum Gasteiger partial charge on any atom is -0.478 e. The van der Waals surface area contributed by atoms with Crippen molar-refractivity contribution < 1.29 is 9.90 Å². The summed E-state index contributed by atoms with van der Waals surface area (Å²) in [5, 5.41) is 12.4. The number of nitrogens with zero attached hydrogens (tertiary/aromatic N) is 1. The smallest absolute Gasteiger partial charge is 0.336 e. The number of carboxylic acids is 1. The maximum absolute atomic E-state index is 11.8. The van der Waals surface area contributed by atoms with Gasteiger partial charge in [0.2, 0.25) is 0 Å². The Morgan fingerprint density at radius 1 is 1.18 bits per heavy atom. The van der Waals surface area contributed by atoms with Crippen molar-refractivity contribution in [1.29, 1.82) is 0 Å². The Bertz CT molecular complexity index is 910. The topological polar surface area (TPSA) is 50.2 Å². The molecule has 0 bridgehead atoms. The molecular formula is C18H13NO2S. The van der Waals surface area contributed by atoms with Gasteiger partial charge in [-0.1, -0.05) is 24.3 Å². The lowest BCUT2D eigenvalue weighted by atomic mass is 10.0. The Kier molecular flexibility index (Phi) is 3.05. The number of hydrogen-bond donors (Lipinski definition) is 1. The Morgan fingerprint density at radius 3 is 2.82 bits per heavy atom. The number of allylic oxidation sites excluding steroid dienone is 1. The van der Waals surface area contributed by atoms with Crippen molar-refractivity contribution in [2.75, 3.05) is 0 Å². The lowest BCUT2D eigenvalue weighted by Crippen LogP contribution is -2.05. The fourth-order valence-electron chi connectivity index (χ4n) is 3.07. The highest BCUT2D eigenvalue weighted by Gasteiger charge is 2.26. The molecule has 1 N–H and O–H groups in total. The molecule has 2 heterocycles. The molecule has 3 aromatic rings. The number of pyridine rings is 1. The summed E-state index contributed by atoms with van der Waals surface area (Å²) in [5.41, 5.74) is 4.01. The Labute approximate surface area is 131 Å². The summed E-state index contributed by atoms with van der Waals surface area (Å²) >= 11 is 1.68. The van der Waals surface area contributed by atoms with E-state index in [4.69, 9.17) is 4.98 Å². The molecule has 1 aliphatic rings. The first-order valence-electron chi connectivity index (χ1n) is 7.13. The van der Waals surface area contributed by atoms with E-state index in [1.165, 1.54) is 4.88 Å². The largest absolute Gasteiger partial charge is 0.478 e. The molecule has 0 saturated carbocycles. The molecule has 1 aliphatic carbocycles. The summed E-state index contributed by atoms with van der Waals surface area (Å²) in [5.74, 6) is -0.868. The summed E-state index contributed by atoms with van der Waals surface area (Å²) in [7, 11) is 0. The van der Waals surface area contributed by atoms with Gasteiger partial charge in [-0.05, 0) is 47.6 Å². The van der Waals surface area contributed by atoms with Crippen molar-refractivity contribution in [3.05, 3.63) is 63.5 Å². The van der Waals surface area contributed by atoms with Gasteiger partial charge >= 0.3 is 5.97 Å². The number of para-hydroxylation sites is 1. The van der Waals surface area contributed by atoms with Gasteiger partial charge < -0.3 is 5.11 Å². The minimum absolute atomic E-state index is 0.412. The van der Waals surface area contributed by atoms with Crippen LogP contribution in [0.1, 0.15) is 32.9 Å². The third kappa shape index (κ3) is 2.04. The number of aromatic nitrogens is 1. The van der Waals surface area contributed by atoms with E-state index in [1.54, 1.807) is 11.3 Å². The summed E-state index contributed by atoms with van der Waals surface area (Å²) < 4.78 is 0. The van der Waals surface area contributed by atoms with Gasteiger partial charge in [0.25, 0.3) is 0 Å². The third-order valence-corrected chi connectivity index (χ3v) is 4.83. The lowest BCUT2D eigenvalue weighted by Gasteiger charge is -2.08. The van der Waals surface area contributed by atoms with Crippen LogP contribution in [-0.2, 0) is 6.42 Å². The second-order valence-corrected chi connectivity index (χ2v) is 6.30. The molecule has 0 fully saturated rings. The molecule has 0 amide bonds. The highest BCUT2D eigenvalue weighted by Crippen LogP contribution is 2.37. The van der Waals surface area contributed by atoms with Crippen LogP contribution in [0.5, 0.6) is 0 Å². The molecule has 2 aromatic heterocycles. The zero-order chi connectivity index (χ0) is 15.1. The normalized spacial score (nSPS) is 15.4. The van der Waals surface area contributed by atoms with E-state index in [1.807, 2.05) is 35.7 Å². The summed E-state index contributed by atoms with van der Waals surface area (Å²) in [4.78, 5) is 17.7. The molecule has 0 atom stereocenters. The van der Waals surface area contributed by atoms with Crippen molar-refractivity contribution in [2.45, 2.75) is 12.8 Å². The molecule has 0 unspecified atom stereocenters. The van der Waals surface area contributed by atoms with Gasteiger partial charge in [0, 0.05) is 10.3 Å². The van der Waals surface area contributed by atoms with Crippen molar-refractivity contribution in [2.24, 2.45) is 0 Å². The van der Waals surface area contributed by atoms with Crippen molar-refractivity contribution >= 4 is 39.9 Å². The first-order valence-corrected chi connectivity index (χ1v) is 8.01. The first kappa shape index (κ1) is 13.2. The fourth-order valence-corrected chi connectivity index (χ4v) is 3.75. The standard InChI is InChI=1S/C18H13NO2S/c20-18(21)16-13-5-1-2-6-15(13)19-17-11(7-8-14(16)17)10-12-4-3-9-22-12/h1-6,9-10H,7-8H2,(H,20,21)/b11-10-. The highest BCUT2D eigenvalue weighted by molar-refractivity contribution is 7.10. The number of aromatic carboxylic acids is 1. The van der Waals surface area contributed by atoms with Crippen LogP contribution >= 0.6 is 11.3 Å². The molecule has 0 aliphatic heterocycles. The molecule has 4 rings (SSSR count). The van der Waals surface area contributed by atoms with Gasteiger partial charge in [-0.25, -0.2) is 9.78 Å². The van der Waals surface area contributed by atoms with E-state index in [9.17, 15) is 9.90 Å². The van der Waals surface area contributed by atoms with E-state index in [0.717, 1.165) is 40.6 Å². The highest BCUT2D eigenvalue weighted by atomic mass is 32.1. The van der Waals surface area contributed by atoms with Gasteiger partial charge in [0.15, 0.2) is 0 Å². The van der Waals surface area contributed by atoms with Crippen LogP contribution in [0.25, 0.3) is 22.6 Å². The molecule has 0 saturated heterocycles. The van der Waals surface area contributed by atoms with E-state index in [-0.39, 0.29) is 0 Å². The van der Waals surface area contributed by atoms with Crippen LogP contribution < -0.4 is 0 Å². The van der Waals surface area contributed by atoms with Gasteiger partial charge in [0.1, 0.15) is 0 Å². The quantitative estimate of drug-likeness (QED) is 0.759. The molecular weight excluding hydrogens is 294 g/mol. The molecule has 4 heteroatoms. The first-order chi connectivity index (χ1) is 10.7. The van der Waals surface area contributed by atoms with E-state index in [0.29, 0.717) is 5.56 Å². The van der Waals surface area contributed by atoms with Crippen LogP contribution in [0.3, 0.4) is 0 Å². The van der Waals surface area contributed by atoms with Crippen LogP contribution in [0.15, 0.2) is 41.8 Å². The van der Waals surface area contributed by atoms with Gasteiger partial charge in [-0.15, -0.1) is 11.3 Å². The molecule has 1 aromatic carbocycles. The number of rotatable bonds is 2.